The Balaban J connectivity index is 1.56. The van der Waals surface area contributed by atoms with Gasteiger partial charge in [0.2, 0.25) is 5.91 Å². The molecule has 2 N–H and O–H groups in total. The first-order valence-corrected chi connectivity index (χ1v) is 7.67. The molecule has 1 fully saturated rings. The minimum atomic E-state index is -0.0495. The van der Waals surface area contributed by atoms with Crippen LogP contribution in [0.15, 0.2) is 24.3 Å². The van der Waals surface area contributed by atoms with Crippen molar-refractivity contribution in [3.63, 3.8) is 0 Å². The Hall–Kier alpha value is -1.35. The van der Waals surface area contributed by atoms with Crippen molar-refractivity contribution in [3.8, 4) is 0 Å². The number of nitrogens with one attached hydrogen (secondary N) is 2. The van der Waals surface area contributed by atoms with Crippen molar-refractivity contribution in [2.45, 2.75) is 45.1 Å². The molecule has 1 aliphatic heterocycles. The number of hydrogen-bond donors (Lipinski definition) is 2. The lowest BCUT2D eigenvalue weighted by molar-refractivity contribution is -0.126. The van der Waals surface area contributed by atoms with Gasteiger partial charge in [0.25, 0.3) is 0 Å². The van der Waals surface area contributed by atoms with Crippen LogP contribution in [0.4, 0.5) is 0 Å². The topological polar surface area (TPSA) is 41.1 Å². The summed E-state index contributed by atoms with van der Waals surface area (Å²) in [6.45, 7) is 6.09. The van der Waals surface area contributed by atoms with Gasteiger partial charge in [0.15, 0.2) is 0 Å². The molecule has 3 rings (SSSR count). The van der Waals surface area contributed by atoms with E-state index in [0.29, 0.717) is 5.92 Å². The molecule has 20 heavy (non-hydrogen) atoms. The molecular weight excluding hydrogens is 248 g/mol. The van der Waals surface area contributed by atoms with Crippen LogP contribution < -0.4 is 10.6 Å². The van der Waals surface area contributed by atoms with Gasteiger partial charge in [0.1, 0.15) is 0 Å². The van der Waals surface area contributed by atoms with E-state index in [0.717, 1.165) is 32.4 Å². The molecule has 2 aliphatic rings. The monoisotopic (exact) mass is 272 g/mol. The predicted molar refractivity (Wildman–Crippen MR) is 80.7 cm³/mol. The highest BCUT2D eigenvalue weighted by Gasteiger charge is 2.37. The van der Waals surface area contributed by atoms with Gasteiger partial charge in [-0.25, -0.2) is 0 Å². The molecule has 0 saturated carbocycles. The van der Waals surface area contributed by atoms with E-state index >= 15 is 0 Å². The van der Waals surface area contributed by atoms with Gasteiger partial charge in [0, 0.05) is 12.5 Å². The number of fused-ring (bicyclic) bond motifs is 1. The van der Waals surface area contributed by atoms with Gasteiger partial charge in [-0.1, -0.05) is 38.1 Å². The van der Waals surface area contributed by atoms with Gasteiger partial charge in [-0.2, -0.15) is 0 Å². The highest BCUT2D eigenvalue weighted by molar-refractivity contribution is 5.82. The molecule has 3 nitrogen and oxygen atoms in total. The van der Waals surface area contributed by atoms with Crippen LogP contribution in [0, 0.1) is 5.41 Å². The highest BCUT2D eigenvalue weighted by Crippen LogP contribution is 2.34. The van der Waals surface area contributed by atoms with Crippen molar-refractivity contribution in [3.05, 3.63) is 35.4 Å². The van der Waals surface area contributed by atoms with Crippen LogP contribution in [-0.2, 0) is 11.2 Å². The highest BCUT2D eigenvalue weighted by atomic mass is 16.2. The summed E-state index contributed by atoms with van der Waals surface area (Å²) in [5, 5.41) is 6.53. The maximum absolute atomic E-state index is 12.4. The van der Waals surface area contributed by atoms with Crippen molar-refractivity contribution in [2.75, 3.05) is 13.1 Å². The molecule has 1 aliphatic carbocycles. The third-order valence-electron chi connectivity index (χ3n) is 4.87. The molecule has 108 valence electrons. The average Bonchev–Trinajstić information content (AvgIpc) is 2.39. The van der Waals surface area contributed by atoms with Gasteiger partial charge < -0.3 is 10.6 Å². The summed E-state index contributed by atoms with van der Waals surface area (Å²) in [5.41, 5.74) is 2.89. The first-order valence-electron chi connectivity index (χ1n) is 7.67. The number of carbonyl (C=O) groups excluding carboxylic acids is 1. The molecule has 1 aromatic carbocycles. The Labute approximate surface area is 121 Å². The molecule has 2 unspecified atom stereocenters. The Morgan fingerprint density at radius 1 is 1.40 bits per heavy atom. The minimum absolute atomic E-state index is 0.0495. The second-order valence-corrected chi connectivity index (χ2v) is 6.82. The number of amides is 1. The van der Waals surface area contributed by atoms with E-state index in [4.69, 9.17) is 0 Å². The molecule has 0 spiro atoms. The number of hydrogen-bond acceptors (Lipinski definition) is 2. The summed E-state index contributed by atoms with van der Waals surface area (Å²) in [4.78, 5) is 12.4. The van der Waals surface area contributed by atoms with E-state index in [1.807, 2.05) is 0 Å². The smallest absolute Gasteiger partial charge is 0.237 e. The van der Waals surface area contributed by atoms with E-state index in [1.54, 1.807) is 0 Å². The number of piperidine rings is 1. The van der Waals surface area contributed by atoms with Crippen LogP contribution in [0.1, 0.15) is 43.7 Å². The lowest BCUT2D eigenvalue weighted by Gasteiger charge is -2.39. The minimum Gasteiger partial charge on any atom is -0.354 e. The Bertz CT molecular complexity index is 509. The van der Waals surface area contributed by atoms with E-state index in [-0.39, 0.29) is 17.4 Å². The Morgan fingerprint density at radius 3 is 2.95 bits per heavy atom. The molecule has 0 bridgehead atoms. The summed E-state index contributed by atoms with van der Waals surface area (Å²) < 4.78 is 0. The van der Waals surface area contributed by atoms with E-state index in [9.17, 15) is 4.79 Å². The van der Waals surface area contributed by atoms with Crippen LogP contribution in [0.2, 0.25) is 0 Å². The standard InChI is InChI=1S/C17H24N2O/c1-17(2)8-5-9-18-15(17)16(20)19-11-13-10-12-6-3-4-7-14(12)13/h3-4,6-7,13,15,18H,5,8-11H2,1-2H3,(H,19,20). The zero-order valence-electron chi connectivity index (χ0n) is 12.4. The van der Waals surface area contributed by atoms with E-state index in [1.165, 1.54) is 11.1 Å². The normalized spacial score (nSPS) is 27.3. The van der Waals surface area contributed by atoms with Crippen LogP contribution in [0.25, 0.3) is 0 Å². The van der Waals surface area contributed by atoms with Gasteiger partial charge >= 0.3 is 0 Å². The summed E-state index contributed by atoms with van der Waals surface area (Å²) in [7, 11) is 0. The van der Waals surface area contributed by atoms with Gasteiger partial charge in [-0.05, 0) is 42.3 Å². The summed E-state index contributed by atoms with van der Waals surface area (Å²) in [6, 6.07) is 8.48. The lowest BCUT2D eigenvalue weighted by atomic mass is 9.76. The van der Waals surface area contributed by atoms with Crippen molar-refractivity contribution in [1.82, 2.24) is 10.6 Å². The molecule has 3 heteroatoms. The maximum Gasteiger partial charge on any atom is 0.237 e. The average molecular weight is 272 g/mol. The Morgan fingerprint density at radius 2 is 2.20 bits per heavy atom. The lowest BCUT2D eigenvalue weighted by Crippen LogP contribution is -2.56. The fraction of sp³-hybridized carbons (Fsp3) is 0.588. The molecule has 1 amide bonds. The summed E-state index contributed by atoms with van der Waals surface area (Å²) in [6.07, 6.45) is 3.37. The summed E-state index contributed by atoms with van der Waals surface area (Å²) in [5.74, 6) is 0.668. The summed E-state index contributed by atoms with van der Waals surface area (Å²) >= 11 is 0. The van der Waals surface area contributed by atoms with Crippen molar-refractivity contribution >= 4 is 5.91 Å². The van der Waals surface area contributed by atoms with E-state index in [2.05, 4.69) is 48.7 Å². The van der Waals surface area contributed by atoms with Crippen LogP contribution in [0.5, 0.6) is 0 Å². The number of carbonyl (C=O) groups is 1. The van der Waals surface area contributed by atoms with Crippen LogP contribution >= 0.6 is 0 Å². The molecule has 0 radical (unpaired) electrons. The van der Waals surface area contributed by atoms with Gasteiger partial charge in [-0.15, -0.1) is 0 Å². The fourth-order valence-corrected chi connectivity index (χ4v) is 3.53. The van der Waals surface area contributed by atoms with Crippen molar-refractivity contribution in [1.29, 1.82) is 0 Å². The van der Waals surface area contributed by atoms with Crippen LogP contribution in [0.3, 0.4) is 0 Å². The SMILES string of the molecule is CC1(C)CCCNC1C(=O)NCC1Cc2ccccc21. The second kappa shape index (κ2) is 5.21. The molecule has 1 heterocycles. The Kier molecular flexibility index (Phi) is 3.55. The molecule has 2 atom stereocenters. The predicted octanol–water partition coefficient (Wildman–Crippen LogP) is 2.22. The number of benzene rings is 1. The second-order valence-electron chi connectivity index (χ2n) is 6.82. The maximum atomic E-state index is 12.4. The zero-order valence-corrected chi connectivity index (χ0v) is 12.4. The first-order chi connectivity index (χ1) is 9.58. The fourth-order valence-electron chi connectivity index (χ4n) is 3.53. The zero-order chi connectivity index (χ0) is 14.2. The number of rotatable bonds is 3. The molecule has 1 aromatic rings. The first kappa shape index (κ1) is 13.6. The van der Waals surface area contributed by atoms with Crippen LogP contribution in [-0.4, -0.2) is 25.0 Å². The van der Waals surface area contributed by atoms with E-state index < -0.39 is 0 Å². The molecular formula is C17H24N2O. The van der Waals surface area contributed by atoms with Crippen molar-refractivity contribution < 1.29 is 4.79 Å². The van der Waals surface area contributed by atoms with Crippen molar-refractivity contribution in [2.24, 2.45) is 5.41 Å². The van der Waals surface area contributed by atoms with Gasteiger partial charge in [-0.3, -0.25) is 4.79 Å². The quantitative estimate of drug-likeness (QED) is 0.886. The third-order valence-corrected chi connectivity index (χ3v) is 4.87. The third kappa shape index (κ3) is 2.47. The molecule has 1 saturated heterocycles. The molecule has 0 aromatic heterocycles. The van der Waals surface area contributed by atoms with Gasteiger partial charge in [0.05, 0.1) is 6.04 Å². The largest absolute Gasteiger partial charge is 0.354 e.